The Hall–Kier alpha value is -1.80. The van der Waals surface area contributed by atoms with Gasteiger partial charge in [0.05, 0.1) is 0 Å². The monoisotopic (exact) mass is 270 g/mol. The summed E-state index contributed by atoms with van der Waals surface area (Å²) in [7, 11) is 0. The van der Waals surface area contributed by atoms with Gasteiger partial charge in [-0.1, -0.05) is 61.9 Å². The quantitative estimate of drug-likeness (QED) is 0.881. The third kappa shape index (κ3) is 3.61. The van der Waals surface area contributed by atoms with Gasteiger partial charge in [-0.3, -0.25) is 0 Å². The Morgan fingerprint density at radius 3 is 2.30 bits per heavy atom. The summed E-state index contributed by atoms with van der Waals surface area (Å²) in [6.45, 7) is 6.58. The molecule has 0 fully saturated rings. The fourth-order valence-corrected chi connectivity index (χ4v) is 2.14. The van der Waals surface area contributed by atoms with E-state index in [0.717, 1.165) is 11.3 Å². The predicted molar refractivity (Wildman–Crippen MR) is 82.2 cm³/mol. The minimum atomic E-state index is -0.601. The van der Waals surface area contributed by atoms with E-state index in [9.17, 15) is 5.11 Å². The van der Waals surface area contributed by atoms with Crippen molar-refractivity contribution in [1.82, 2.24) is 0 Å². The molecular weight excluding hydrogens is 248 g/mol. The van der Waals surface area contributed by atoms with Gasteiger partial charge in [-0.05, 0) is 30.0 Å². The van der Waals surface area contributed by atoms with Gasteiger partial charge < -0.3 is 9.84 Å². The van der Waals surface area contributed by atoms with Crippen LogP contribution in [0.1, 0.15) is 42.6 Å². The zero-order chi connectivity index (χ0) is 14.5. The number of aliphatic hydroxyl groups excluding tert-OH is 1. The third-order valence-electron chi connectivity index (χ3n) is 3.40. The highest BCUT2D eigenvalue weighted by Crippen LogP contribution is 2.27. The van der Waals surface area contributed by atoms with Crippen LogP contribution in [0.2, 0.25) is 0 Å². The Bertz CT molecular complexity index is 544. The molecule has 1 atom stereocenters. The Morgan fingerprint density at radius 2 is 1.65 bits per heavy atom. The van der Waals surface area contributed by atoms with Gasteiger partial charge in [-0.2, -0.15) is 0 Å². The molecule has 2 aromatic carbocycles. The SMILES string of the molecule is Cc1ccc(C(O)COc2ccccc2C(C)C)cc1. The van der Waals surface area contributed by atoms with Crippen molar-refractivity contribution < 1.29 is 9.84 Å². The molecule has 1 N–H and O–H groups in total. The highest BCUT2D eigenvalue weighted by Gasteiger charge is 2.11. The van der Waals surface area contributed by atoms with Crippen LogP contribution in [-0.2, 0) is 0 Å². The van der Waals surface area contributed by atoms with Gasteiger partial charge in [0.2, 0.25) is 0 Å². The molecule has 1 unspecified atom stereocenters. The van der Waals surface area contributed by atoms with E-state index in [-0.39, 0.29) is 6.61 Å². The molecule has 2 aromatic rings. The van der Waals surface area contributed by atoms with Crippen LogP contribution in [0.4, 0.5) is 0 Å². The van der Waals surface area contributed by atoms with E-state index in [0.29, 0.717) is 5.92 Å². The molecule has 2 rings (SSSR count). The van der Waals surface area contributed by atoms with Gasteiger partial charge in [0.1, 0.15) is 18.5 Å². The fraction of sp³-hybridized carbons (Fsp3) is 0.333. The Morgan fingerprint density at radius 1 is 1.00 bits per heavy atom. The van der Waals surface area contributed by atoms with Gasteiger partial charge in [-0.15, -0.1) is 0 Å². The van der Waals surface area contributed by atoms with Gasteiger partial charge in [0.25, 0.3) is 0 Å². The molecule has 0 aliphatic rings. The standard InChI is InChI=1S/C18H22O2/c1-13(2)16-6-4-5-7-18(16)20-12-17(19)15-10-8-14(3)9-11-15/h4-11,13,17,19H,12H2,1-3H3. The van der Waals surface area contributed by atoms with Crippen LogP contribution < -0.4 is 4.74 Å². The molecule has 0 aromatic heterocycles. The normalized spacial score (nSPS) is 12.4. The first-order valence-electron chi connectivity index (χ1n) is 7.04. The third-order valence-corrected chi connectivity index (χ3v) is 3.40. The number of hydrogen-bond acceptors (Lipinski definition) is 2. The topological polar surface area (TPSA) is 29.5 Å². The van der Waals surface area contributed by atoms with Crippen molar-refractivity contribution in [2.24, 2.45) is 0 Å². The zero-order valence-electron chi connectivity index (χ0n) is 12.3. The maximum Gasteiger partial charge on any atom is 0.122 e. The minimum absolute atomic E-state index is 0.271. The van der Waals surface area contributed by atoms with E-state index in [1.807, 2.05) is 49.4 Å². The molecule has 0 radical (unpaired) electrons. The van der Waals surface area contributed by atoms with Crippen LogP contribution >= 0.6 is 0 Å². The van der Waals surface area contributed by atoms with E-state index in [1.165, 1.54) is 11.1 Å². The van der Waals surface area contributed by atoms with E-state index >= 15 is 0 Å². The summed E-state index contributed by atoms with van der Waals surface area (Å²) in [6, 6.07) is 15.9. The lowest BCUT2D eigenvalue weighted by molar-refractivity contribution is 0.107. The summed E-state index contributed by atoms with van der Waals surface area (Å²) in [5.41, 5.74) is 3.24. The second-order valence-electron chi connectivity index (χ2n) is 5.43. The van der Waals surface area contributed by atoms with Gasteiger partial charge in [0, 0.05) is 0 Å². The van der Waals surface area contributed by atoms with Crippen LogP contribution in [0.3, 0.4) is 0 Å². The number of rotatable bonds is 5. The number of aliphatic hydroxyl groups is 1. The second kappa shape index (κ2) is 6.58. The summed E-state index contributed by atoms with van der Waals surface area (Å²) in [4.78, 5) is 0. The largest absolute Gasteiger partial charge is 0.490 e. The van der Waals surface area contributed by atoms with Gasteiger partial charge in [0.15, 0.2) is 0 Å². The average molecular weight is 270 g/mol. The summed E-state index contributed by atoms with van der Waals surface area (Å²) in [5, 5.41) is 10.2. The van der Waals surface area contributed by atoms with Gasteiger partial charge >= 0.3 is 0 Å². The van der Waals surface area contributed by atoms with E-state index in [1.54, 1.807) is 0 Å². The van der Waals surface area contributed by atoms with E-state index in [4.69, 9.17) is 4.74 Å². The molecule has 2 nitrogen and oxygen atoms in total. The van der Waals surface area contributed by atoms with Crippen LogP contribution in [0.5, 0.6) is 5.75 Å². The van der Waals surface area contributed by atoms with E-state index in [2.05, 4.69) is 19.9 Å². The molecule has 20 heavy (non-hydrogen) atoms. The Balaban J connectivity index is 2.03. The molecule has 0 aliphatic heterocycles. The first-order chi connectivity index (χ1) is 9.58. The van der Waals surface area contributed by atoms with E-state index < -0.39 is 6.10 Å². The molecule has 106 valence electrons. The second-order valence-corrected chi connectivity index (χ2v) is 5.43. The van der Waals surface area contributed by atoms with Crippen molar-refractivity contribution in [3.8, 4) is 5.75 Å². The Labute approximate surface area is 121 Å². The zero-order valence-corrected chi connectivity index (χ0v) is 12.3. The smallest absolute Gasteiger partial charge is 0.122 e. The molecule has 0 aliphatic carbocycles. The predicted octanol–water partition coefficient (Wildman–Crippen LogP) is 4.23. The first kappa shape index (κ1) is 14.6. The Kier molecular flexibility index (Phi) is 4.80. The molecular formula is C18H22O2. The summed E-state index contributed by atoms with van der Waals surface area (Å²) in [6.07, 6.45) is -0.601. The molecule has 0 spiro atoms. The van der Waals surface area contributed by atoms with Crippen LogP contribution in [-0.4, -0.2) is 11.7 Å². The molecule has 0 heterocycles. The lowest BCUT2D eigenvalue weighted by atomic mass is 10.0. The van der Waals surface area contributed by atoms with Crippen molar-refractivity contribution in [2.75, 3.05) is 6.61 Å². The number of para-hydroxylation sites is 1. The molecule has 2 heteroatoms. The minimum Gasteiger partial charge on any atom is -0.490 e. The molecule has 0 bridgehead atoms. The number of hydrogen-bond donors (Lipinski definition) is 1. The first-order valence-corrected chi connectivity index (χ1v) is 7.04. The van der Waals surface area contributed by atoms with Gasteiger partial charge in [-0.25, -0.2) is 0 Å². The molecule has 0 amide bonds. The average Bonchev–Trinajstić information content (AvgIpc) is 2.45. The van der Waals surface area contributed by atoms with Crippen LogP contribution in [0.25, 0.3) is 0 Å². The lowest BCUT2D eigenvalue weighted by Crippen LogP contribution is -2.10. The maximum absolute atomic E-state index is 10.2. The summed E-state index contributed by atoms with van der Waals surface area (Å²) in [5.74, 6) is 1.26. The van der Waals surface area contributed by atoms with Crippen molar-refractivity contribution >= 4 is 0 Å². The summed E-state index contributed by atoms with van der Waals surface area (Å²) >= 11 is 0. The highest BCUT2D eigenvalue weighted by molar-refractivity contribution is 5.35. The lowest BCUT2D eigenvalue weighted by Gasteiger charge is -2.17. The number of aryl methyl sites for hydroxylation is 1. The molecule has 0 saturated heterocycles. The highest BCUT2D eigenvalue weighted by atomic mass is 16.5. The van der Waals surface area contributed by atoms with Crippen LogP contribution in [0, 0.1) is 6.92 Å². The fourth-order valence-electron chi connectivity index (χ4n) is 2.14. The number of ether oxygens (including phenoxy) is 1. The van der Waals surface area contributed by atoms with Crippen molar-refractivity contribution in [3.05, 3.63) is 65.2 Å². The van der Waals surface area contributed by atoms with Crippen molar-refractivity contribution in [1.29, 1.82) is 0 Å². The van der Waals surface area contributed by atoms with Crippen molar-refractivity contribution in [3.63, 3.8) is 0 Å². The summed E-state index contributed by atoms with van der Waals surface area (Å²) < 4.78 is 5.79. The maximum atomic E-state index is 10.2. The van der Waals surface area contributed by atoms with Crippen molar-refractivity contribution in [2.45, 2.75) is 32.8 Å². The van der Waals surface area contributed by atoms with Crippen LogP contribution in [0.15, 0.2) is 48.5 Å². The molecule has 0 saturated carbocycles. The number of benzene rings is 2.